The molecule has 2 aromatic carbocycles. The summed E-state index contributed by atoms with van der Waals surface area (Å²) in [5, 5.41) is 0. The van der Waals surface area contributed by atoms with Crippen LogP contribution in [0.3, 0.4) is 0 Å². The first-order chi connectivity index (χ1) is 9.77. The molecular weight excluding hydrogens is 246 g/mol. The minimum absolute atomic E-state index is 0.465. The van der Waals surface area contributed by atoms with Crippen LogP contribution in [0.5, 0.6) is 0 Å². The van der Waals surface area contributed by atoms with Crippen LogP contribution < -0.4 is 5.48 Å². The van der Waals surface area contributed by atoms with Crippen molar-refractivity contribution < 1.29 is 4.84 Å². The minimum atomic E-state index is 0.465. The lowest BCUT2D eigenvalue weighted by atomic mass is 9.89. The van der Waals surface area contributed by atoms with Gasteiger partial charge in [-0.3, -0.25) is 4.84 Å². The van der Waals surface area contributed by atoms with Crippen LogP contribution in [-0.2, 0) is 11.4 Å². The molecule has 2 aromatic rings. The number of hydrogen-bond donors (Lipinski definition) is 1. The molecule has 0 saturated heterocycles. The van der Waals surface area contributed by atoms with E-state index in [1.165, 1.54) is 11.1 Å². The largest absolute Gasteiger partial charge is 0.297 e. The summed E-state index contributed by atoms with van der Waals surface area (Å²) in [5.41, 5.74) is 5.65. The molecule has 0 fully saturated rings. The van der Waals surface area contributed by atoms with Crippen LogP contribution in [-0.4, -0.2) is 6.54 Å². The fourth-order valence-corrected chi connectivity index (χ4v) is 2.30. The van der Waals surface area contributed by atoms with Crippen molar-refractivity contribution in [1.82, 2.24) is 5.48 Å². The summed E-state index contributed by atoms with van der Waals surface area (Å²) in [6.45, 7) is 5.92. The van der Waals surface area contributed by atoms with Crippen LogP contribution in [0.4, 0.5) is 0 Å². The van der Waals surface area contributed by atoms with E-state index in [4.69, 9.17) is 4.84 Å². The number of rotatable bonds is 7. The van der Waals surface area contributed by atoms with E-state index in [2.05, 4.69) is 61.8 Å². The molecular formula is C18H23NO. The Morgan fingerprint density at radius 2 is 1.50 bits per heavy atom. The van der Waals surface area contributed by atoms with Crippen molar-refractivity contribution in [3.63, 3.8) is 0 Å². The van der Waals surface area contributed by atoms with Crippen molar-refractivity contribution in [2.45, 2.75) is 26.4 Å². The molecule has 20 heavy (non-hydrogen) atoms. The molecule has 0 spiro atoms. The van der Waals surface area contributed by atoms with Gasteiger partial charge in [0.05, 0.1) is 6.61 Å². The van der Waals surface area contributed by atoms with Crippen molar-refractivity contribution in [1.29, 1.82) is 0 Å². The predicted octanol–water partition coefficient (Wildman–Crippen LogP) is 4.15. The van der Waals surface area contributed by atoms with E-state index >= 15 is 0 Å². The van der Waals surface area contributed by atoms with Gasteiger partial charge in [0.1, 0.15) is 0 Å². The first-order valence-electron chi connectivity index (χ1n) is 7.21. The number of benzene rings is 2. The molecule has 2 heteroatoms. The zero-order chi connectivity index (χ0) is 14.2. The summed E-state index contributed by atoms with van der Waals surface area (Å²) in [7, 11) is 0. The van der Waals surface area contributed by atoms with Crippen molar-refractivity contribution in [2.75, 3.05) is 6.54 Å². The lowest BCUT2D eigenvalue weighted by Crippen LogP contribution is -2.25. The Morgan fingerprint density at radius 1 is 0.900 bits per heavy atom. The predicted molar refractivity (Wildman–Crippen MR) is 83.3 cm³/mol. The Morgan fingerprint density at radius 3 is 2.10 bits per heavy atom. The van der Waals surface area contributed by atoms with Crippen molar-refractivity contribution in [3.8, 4) is 0 Å². The standard InChI is InChI=1S/C18H23NO/c1-15(2)18(17-11-7-4-8-12-17)13-19-20-14-16-9-5-3-6-10-16/h3-12,15,18-19H,13-14H2,1-2H3. The monoisotopic (exact) mass is 269 g/mol. The number of hydrogen-bond acceptors (Lipinski definition) is 2. The Hall–Kier alpha value is -1.64. The minimum Gasteiger partial charge on any atom is -0.297 e. The van der Waals surface area contributed by atoms with Crippen LogP contribution in [0.15, 0.2) is 60.7 Å². The van der Waals surface area contributed by atoms with E-state index in [-0.39, 0.29) is 0 Å². The Kier molecular flexibility index (Phi) is 5.78. The van der Waals surface area contributed by atoms with Crippen LogP contribution in [0, 0.1) is 5.92 Å². The topological polar surface area (TPSA) is 21.3 Å². The lowest BCUT2D eigenvalue weighted by Gasteiger charge is -2.21. The highest BCUT2D eigenvalue weighted by atomic mass is 16.6. The van der Waals surface area contributed by atoms with E-state index in [0.29, 0.717) is 18.4 Å². The summed E-state index contributed by atoms with van der Waals surface area (Å²) >= 11 is 0. The van der Waals surface area contributed by atoms with E-state index in [0.717, 1.165) is 6.54 Å². The van der Waals surface area contributed by atoms with Gasteiger partial charge in [0.15, 0.2) is 0 Å². The smallest absolute Gasteiger partial charge is 0.0933 e. The van der Waals surface area contributed by atoms with Gasteiger partial charge in [0.2, 0.25) is 0 Å². The number of hydroxylamine groups is 1. The molecule has 2 rings (SSSR count). The number of nitrogens with one attached hydrogen (secondary N) is 1. The first-order valence-corrected chi connectivity index (χ1v) is 7.21. The molecule has 0 aliphatic carbocycles. The highest BCUT2D eigenvalue weighted by molar-refractivity contribution is 5.20. The second-order valence-corrected chi connectivity index (χ2v) is 5.38. The van der Waals surface area contributed by atoms with Gasteiger partial charge in [0.25, 0.3) is 0 Å². The first kappa shape index (κ1) is 14.8. The fourth-order valence-electron chi connectivity index (χ4n) is 2.30. The highest BCUT2D eigenvalue weighted by Crippen LogP contribution is 2.23. The molecule has 0 aromatic heterocycles. The van der Waals surface area contributed by atoms with Gasteiger partial charge in [-0.1, -0.05) is 74.5 Å². The van der Waals surface area contributed by atoms with Crippen LogP contribution in [0.25, 0.3) is 0 Å². The van der Waals surface area contributed by atoms with E-state index < -0.39 is 0 Å². The zero-order valence-corrected chi connectivity index (χ0v) is 12.3. The van der Waals surface area contributed by atoms with E-state index in [1.54, 1.807) is 0 Å². The fraction of sp³-hybridized carbons (Fsp3) is 0.333. The molecule has 0 radical (unpaired) electrons. The maximum absolute atomic E-state index is 5.57. The van der Waals surface area contributed by atoms with Gasteiger partial charge < -0.3 is 0 Å². The molecule has 0 saturated carbocycles. The van der Waals surface area contributed by atoms with Crippen LogP contribution >= 0.6 is 0 Å². The van der Waals surface area contributed by atoms with Crippen molar-refractivity contribution in [3.05, 3.63) is 71.8 Å². The highest BCUT2D eigenvalue weighted by Gasteiger charge is 2.15. The maximum atomic E-state index is 5.57. The zero-order valence-electron chi connectivity index (χ0n) is 12.3. The molecule has 0 aliphatic rings. The van der Waals surface area contributed by atoms with Crippen LogP contribution in [0.2, 0.25) is 0 Å². The second-order valence-electron chi connectivity index (χ2n) is 5.38. The van der Waals surface area contributed by atoms with Gasteiger partial charge >= 0.3 is 0 Å². The Bertz CT molecular complexity index is 481. The lowest BCUT2D eigenvalue weighted by molar-refractivity contribution is 0.0222. The second kappa shape index (κ2) is 7.83. The van der Waals surface area contributed by atoms with Crippen LogP contribution in [0.1, 0.15) is 30.9 Å². The third-order valence-electron chi connectivity index (χ3n) is 3.52. The summed E-state index contributed by atoms with van der Waals surface area (Å²) in [5.74, 6) is 1.04. The molecule has 0 heterocycles. The molecule has 106 valence electrons. The average Bonchev–Trinajstić information content (AvgIpc) is 2.49. The summed E-state index contributed by atoms with van der Waals surface area (Å²) in [6.07, 6.45) is 0. The Balaban J connectivity index is 1.82. The Labute approximate surface area is 121 Å². The molecule has 0 amide bonds. The third-order valence-corrected chi connectivity index (χ3v) is 3.52. The molecule has 1 unspecified atom stereocenters. The van der Waals surface area contributed by atoms with Gasteiger partial charge in [0, 0.05) is 12.5 Å². The normalized spacial score (nSPS) is 12.6. The summed E-state index contributed by atoms with van der Waals surface area (Å²) in [6, 6.07) is 20.8. The molecule has 1 N–H and O–H groups in total. The third kappa shape index (κ3) is 4.48. The van der Waals surface area contributed by atoms with E-state index in [1.807, 2.05) is 18.2 Å². The SMILES string of the molecule is CC(C)C(CNOCc1ccccc1)c1ccccc1. The average molecular weight is 269 g/mol. The van der Waals surface area contributed by atoms with Crippen molar-refractivity contribution >= 4 is 0 Å². The van der Waals surface area contributed by atoms with Gasteiger partial charge in [-0.05, 0) is 17.0 Å². The van der Waals surface area contributed by atoms with E-state index in [9.17, 15) is 0 Å². The molecule has 0 aliphatic heterocycles. The van der Waals surface area contributed by atoms with Gasteiger partial charge in [-0.2, -0.15) is 0 Å². The quantitative estimate of drug-likeness (QED) is 0.602. The van der Waals surface area contributed by atoms with Crippen molar-refractivity contribution in [2.24, 2.45) is 5.92 Å². The molecule has 1 atom stereocenters. The maximum Gasteiger partial charge on any atom is 0.0933 e. The molecule has 0 bridgehead atoms. The summed E-state index contributed by atoms with van der Waals surface area (Å²) < 4.78 is 0. The summed E-state index contributed by atoms with van der Waals surface area (Å²) in [4.78, 5) is 5.57. The van der Waals surface area contributed by atoms with Gasteiger partial charge in [-0.15, -0.1) is 0 Å². The molecule has 2 nitrogen and oxygen atoms in total. The van der Waals surface area contributed by atoms with Gasteiger partial charge in [-0.25, -0.2) is 5.48 Å².